The third kappa shape index (κ3) is 10.5. The zero-order valence-electron chi connectivity index (χ0n) is 12.5. The fourth-order valence-electron chi connectivity index (χ4n) is 1.77. The van der Waals surface area contributed by atoms with Crippen molar-refractivity contribution in [3.8, 4) is 0 Å². The molecule has 18 heavy (non-hydrogen) atoms. The second kappa shape index (κ2) is 10.3. The second-order valence-electron chi connectivity index (χ2n) is 5.19. The zero-order valence-corrected chi connectivity index (χ0v) is 12.5. The molecule has 1 N–H and O–H groups in total. The first kappa shape index (κ1) is 17.4. The van der Waals surface area contributed by atoms with Crippen molar-refractivity contribution in [1.29, 1.82) is 0 Å². The van der Waals surface area contributed by atoms with E-state index in [9.17, 15) is 4.79 Å². The molecule has 0 aliphatic rings. The third-order valence-electron chi connectivity index (χ3n) is 2.51. The Balaban J connectivity index is 3.58. The normalized spacial score (nSPS) is 14.6. The monoisotopic (exact) mass is 259 g/mol. The van der Waals surface area contributed by atoms with Gasteiger partial charge < -0.3 is 14.8 Å². The van der Waals surface area contributed by atoms with E-state index in [4.69, 9.17) is 9.47 Å². The molecule has 0 rings (SSSR count). The van der Waals surface area contributed by atoms with E-state index in [-0.39, 0.29) is 18.1 Å². The summed E-state index contributed by atoms with van der Waals surface area (Å²) in [6.45, 7) is 12.0. The van der Waals surface area contributed by atoms with E-state index >= 15 is 0 Å². The molecule has 0 aromatic carbocycles. The summed E-state index contributed by atoms with van der Waals surface area (Å²) < 4.78 is 10.8. The first-order chi connectivity index (χ1) is 8.45. The number of rotatable bonds is 10. The van der Waals surface area contributed by atoms with E-state index in [1.807, 2.05) is 13.8 Å². The van der Waals surface area contributed by atoms with Gasteiger partial charge in [0.15, 0.2) is 0 Å². The molecular formula is C14H29NO3. The number of carbonyl (C=O) groups is 1. The molecule has 0 unspecified atom stereocenters. The van der Waals surface area contributed by atoms with Crippen LogP contribution in [0.1, 0.15) is 47.5 Å². The number of hydrogen-bond acceptors (Lipinski definition) is 3. The van der Waals surface area contributed by atoms with Crippen molar-refractivity contribution in [2.45, 2.75) is 59.6 Å². The molecule has 4 nitrogen and oxygen atoms in total. The van der Waals surface area contributed by atoms with Gasteiger partial charge in [-0.1, -0.05) is 13.8 Å². The van der Waals surface area contributed by atoms with E-state index in [0.29, 0.717) is 32.2 Å². The maximum Gasteiger partial charge on any atom is 0.222 e. The summed E-state index contributed by atoms with van der Waals surface area (Å²) >= 11 is 0. The Kier molecular flexibility index (Phi) is 9.98. The smallest absolute Gasteiger partial charge is 0.222 e. The van der Waals surface area contributed by atoms with E-state index in [0.717, 1.165) is 6.42 Å². The summed E-state index contributed by atoms with van der Waals surface area (Å²) in [7, 11) is 0. The molecule has 0 fully saturated rings. The molecule has 108 valence electrons. The molecular weight excluding hydrogens is 230 g/mol. The van der Waals surface area contributed by atoms with Gasteiger partial charge in [0.05, 0.1) is 19.3 Å². The van der Waals surface area contributed by atoms with Gasteiger partial charge in [0.1, 0.15) is 0 Å². The van der Waals surface area contributed by atoms with Gasteiger partial charge in [0, 0.05) is 19.1 Å². The van der Waals surface area contributed by atoms with Gasteiger partial charge in [-0.15, -0.1) is 0 Å². The summed E-state index contributed by atoms with van der Waals surface area (Å²) in [5.41, 5.74) is 0. The summed E-state index contributed by atoms with van der Waals surface area (Å²) in [5, 5.41) is 2.89. The lowest BCUT2D eigenvalue weighted by Crippen LogP contribution is -2.36. The van der Waals surface area contributed by atoms with Crippen LogP contribution in [0.2, 0.25) is 0 Å². The molecule has 0 saturated carbocycles. The van der Waals surface area contributed by atoms with Crippen LogP contribution in [0.25, 0.3) is 0 Å². The average molecular weight is 259 g/mol. The Labute approximate surface area is 111 Å². The second-order valence-corrected chi connectivity index (χ2v) is 5.19. The van der Waals surface area contributed by atoms with Gasteiger partial charge >= 0.3 is 0 Å². The predicted molar refractivity (Wildman–Crippen MR) is 73.6 cm³/mol. The Morgan fingerprint density at radius 2 is 1.89 bits per heavy atom. The Hall–Kier alpha value is -0.610. The first-order valence-corrected chi connectivity index (χ1v) is 6.94. The van der Waals surface area contributed by atoms with Gasteiger partial charge in [-0.25, -0.2) is 0 Å². The van der Waals surface area contributed by atoms with Crippen molar-refractivity contribution in [2.24, 2.45) is 5.92 Å². The van der Waals surface area contributed by atoms with E-state index in [1.165, 1.54) is 0 Å². The standard InChI is InChI=1S/C14H29NO3/c1-6-17-10-12(4)15-14(16)7-8-18-13(5)9-11(2)3/h11-13H,6-10H2,1-5H3,(H,15,16)/t12-,13-/m0/s1. The lowest BCUT2D eigenvalue weighted by atomic mass is 10.1. The van der Waals surface area contributed by atoms with Crippen LogP contribution in [0.4, 0.5) is 0 Å². The van der Waals surface area contributed by atoms with Gasteiger partial charge in [-0.2, -0.15) is 0 Å². The highest BCUT2D eigenvalue weighted by Gasteiger charge is 2.09. The average Bonchev–Trinajstić information content (AvgIpc) is 2.25. The summed E-state index contributed by atoms with van der Waals surface area (Å²) in [6, 6.07) is 0.0607. The van der Waals surface area contributed by atoms with Crippen LogP contribution >= 0.6 is 0 Å². The molecule has 0 aromatic heterocycles. The van der Waals surface area contributed by atoms with Gasteiger partial charge in [0.2, 0.25) is 5.91 Å². The van der Waals surface area contributed by atoms with Gasteiger partial charge in [0.25, 0.3) is 0 Å². The third-order valence-corrected chi connectivity index (χ3v) is 2.51. The number of nitrogens with one attached hydrogen (secondary N) is 1. The van der Waals surface area contributed by atoms with E-state index < -0.39 is 0 Å². The number of carbonyl (C=O) groups excluding carboxylic acids is 1. The van der Waals surface area contributed by atoms with Crippen molar-refractivity contribution in [2.75, 3.05) is 19.8 Å². The minimum absolute atomic E-state index is 0.0268. The fraction of sp³-hybridized carbons (Fsp3) is 0.929. The van der Waals surface area contributed by atoms with Gasteiger partial charge in [-0.05, 0) is 33.1 Å². The highest BCUT2D eigenvalue weighted by molar-refractivity contribution is 5.76. The van der Waals surface area contributed by atoms with Crippen LogP contribution in [0.3, 0.4) is 0 Å². The van der Waals surface area contributed by atoms with Crippen LogP contribution in [0.5, 0.6) is 0 Å². The number of amides is 1. The van der Waals surface area contributed by atoms with E-state index in [1.54, 1.807) is 0 Å². The van der Waals surface area contributed by atoms with Crippen molar-refractivity contribution >= 4 is 5.91 Å². The Morgan fingerprint density at radius 3 is 2.44 bits per heavy atom. The minimum Gasteiger partial charge on any atom is -0.380 e. The minimum atomic E-state index is 0.0268. The molecule has 2 atom stereocenters. The fourth-order valence-corrected chi connectivity index (χ4v) is 1.77. The molecule has 0 bridgehead atoms. The molecule has 0 saturated heterocycles. The summed E-state index contributed by atoms with van der Waals surface area (Å²) in [4.78, 5) is 11.6. The summed E-state index contributed by atoms with van der Waals surface area (Å²) in [6.07, 6.45) is 1.67. The van der Waals surface area contributed by atoms with Crippen LogP contribution in [0.15, 0.2) is 0 Å². The van der Waals surface area contributed by atoms with Crippen molar-refractivity contribution in [1.82, 2.24) is 5.32 Å². The first-order valence-electron chi connectivity index (χ1n) is 6.94. The molecule has 0 aliphatic heterocycles. The van der Waals surface area contributed by atoms with Crippen molar-refractivity contribution in [3.05, 3.63) is 0 Å². The maximum atomic E-state index is 11.6. The largest absolute Gasteiger partial charge is 0.380 e. The highest BCUT2D eigenvalue weighted by atomic mass is 16.5. The topological polar surface area (TPSA) is 47.6 Å². The number of hydrogen-bond donors (Lipinski definition) is 1. The Morgan fingerprint density at radius 1 is 1.22 bits per heavy atom. The SMILES string of the molecule is CCOC[C@H](C)NC(=O)CCO[C@@H](C)CC(C)C. The van der Waals surface area contributed by atoms with Gasteiger partial charge in [-0.3, -0.25) is 4.79 Å². The van der Waals surface area contributed by atoms with Crippen LogP contribution in [0, 0.1) is 5.92 Å². The zero-order chi connectivity index (χ0) is 14.0. The lowest BCUT2D eigenvalue weighted by molar-refractivity contribution is -0.123. The molecule has 0 aromatic rings. The molecule has 0 aliphatic carbocycles. The molecule has 4 heteroatoms. The van der Waals surface area contributed by atoms with Crippen LogP contribution < -0.4 is 5.32 Å². The predicted octanol–water partition coefficient (Wildman–Crippen LogP) is 2.37. The van der Waals surface area contributed by atoms with Crippen LogP contribution in [-0.4, -0.2) is 37.9 Å². The maximum absolute atomic E-state index is 11.6. The highest BCUT2D eigenvalue weighted by Crippen LogP contribution is 2.07. The quantitative estimate of drug-likeness (QED) is 0.655. The van der Waals surface area contributed by atoms with E-state index in [2.05, 4.69) is 26.1 Å². The molecule has 1 amide bonds. The van der Waals surface area contributed by atoms with Crippen molar-refractivity contribution in [3.63, 3.8) is 0 Å². The summed E-state index contributed by atoms with van der Waals surface area (Å²) in [5.74, 6) is 0.652. The molecule has 0 radical (unpaired) electrons. The Bertz CT molecular complexity index is 219. The lowest BCUT2D eigenvalue weighted by Gasteiger charge is -2.16. The van der Waals surface area contributed by atoms with Crippen LogP contribution in [-0.2, 0) is 14.3 Å². The number of ether oxygens (including phenoxy) is 2. The molecule has 0 spiro atoms. The molecule has 0 heterocycles. The van der Waals surface area contributed by atoms with Crippen molar-refractivity contribution < 1.29 is 14.3 Å².